The minimum atomic E-state index is -1.16. The van der Waals surface area contributed by atoms with Crippen LogP contribution in [0.3, 0.4) is 0 Å². The Morgan fingerprint density at radius 3 is 2.06 bits per heavy atom. The molecule has 18 heavy (non-hydrogen) atoms. The van der Waals surface area contributed by atoms with Crippen molar-refractivity contribution >= 4 is 6.09 Å². The minimum absolute atomic E-state index is 0.0298. The normalized spacial score (nSPS) is 28.1. The van der Waals surface area contributed by atoms with Gasteiger partial charge >= 0.3 is 6.09 Å². The third kappa shape index (κ3) is 2.39. The van der Waals surface area contributed by atoms with E-state index in [1.54, 1.807) is 12.1 Å². The summed E-state index contributed by atoms with van der Waals surface area (Å²) < 4.78 is 0. The fraction of sp³-hybridized carbons (Fsp3) is 0.417. The Balaban J connectivity index is 2.19. The van der Waals surface area contributed by atoms with E-state index in [9.17, 15) is 20.1 Å². The zero-order valence-electron chi connectivity index (χ0n) is 9.60. The Hall–Kier alpha value is -1.79. The molecule has 2 unspecified atom stereocenters. The predicted molar refractivity (Wildman–Crippen MR) is 62.5 cm³/mol. The van der Waals surface area contributed by atoms with Crippen LogP contribution in [0.5, 0.6) is 5.75 Å². The van der Waals surface area contributed by atoms with Crippen LogP contribution in [-0.2, 0) is 0 Å². The van der Waals surface area contributed by atoms with Crippen LogP contribution in [0.1, 0.15) is 11.5 Å². The highest BCUT2D eigenvalue weighted by atomic mass is 16.4. The molecule has 0 spiro atoms. The second-order valence-corrected chi connectivity index (χ2v) is 4.44. The molecule has 1 heterocycles. The van der Waals surface area contributed by atoms with Gasteiger partial charge in [0.25, 0.3) is 0 Å². The van der Waals surface area contributed by atoms with Crippen molar-refractivity contribution in [1.82, 2.24) is 4.90 Å². The summed E-state index contributed by atoms with van der Waals surface area (Å²) in [4.78, 5) is 11.8. The molecule has 98 valence electrons. The molecule has 1 aromatic rings. The molecule has 0 bridgehead atoms. The monoisotopic (exact) mass is 253 g/mol. The largest absolute Gasteiger partial charge is 0.508 e. The smallest absolute Gasteiger partial charge is 0.407 e. The molecule has 2 rings (SSSR count). The SMILES string of the molecule is O=C(O)N1CC(O)C(c2ccc(O)cc2)C(O)C1. The van der Waals surface area contributed by atoms with Gasteiger partial charge in [0, 0.05) is 5.92 Å². The maximum Gasteiger partial charge on any atom is 0.407 e. The van der Waals surface area contributed by atoms with Crippen molar-refractivity contribution in [1.29, 1.82) is 0 Å². The fourth-order valence-corrected chi connectivity index (χ4v) is 2.31. The summed E-state index contributed by atoms with van der Waals surface area (Å²) in [5.41, 5.74) is 0.679. The third-order valence-corrected chi connectivity index (χ3v) is 3.19. The number of aliphatic hydroxyl groups is 2. The molecule has 0 aromatic heterocycles. The van der Waals surface area contributed by atoms with Crippen LogP contribution in [0, 0.1) is 0 Å². The minimum Gasteiger partial charge on any atom is -0.508 e. The van der Waals surface area contributed by atoms with Gasteiger partial charge in [-0.3, -0.25) is 0 Å². The molecule has 6 nitrogen and oxygen atoms in total. The van der Waals surface area contributed by atoms with Crippen LogP contribution < -0.4 is 0 Å². The average molecular weight is 253 g/mol. The second-order valence-electron chi connectivity index (χ2n) is 4.44. The number of likely N-dealkylation sites (tertiary alicyclic amines) is 1. The van der Waals surface area contributed by atoms with Crippen molar-refractivity contribution in [2.75, 3.05) is 13.1 Å². The van der Waals surface area contributed by atoms with Crippen molar-refractivity contribution < 1.29 is 25.2 Å². The summed E-state index contributed by atoms with van der Waals surface area (Å²) >= 11 is 0. The first kappa shape index (κ1) is 12.7. The Morgan fingerprint density at radius 2 is 1.61 bits per heavy atom. The van der Waals surface area contributed by atoms with E-state index >= 15 is 0 Å². The molecule has 2 atom stereocenters. The van der Waals surface area contributed by atoms with E-state index in [-0.39, 0.29) is 18.8 Å². The van der Waals surface area contributed by atoms with Gasteiger partial charge in [0.1, 0.15) is 5.75 Å². The molecule has 1 aromatic carbocycles. The van der Waals surface area contributed by atoms with E-state index in [0.717, 1.165) is 4.90 Å². The Kier molecular flexibility index (Phi) is 3.40. The first-order valence-electron chi connectivity index (χ1n) is 5.62. The van der Waals surface area contributed by atoms with Gasteiger partial charge in [-0.25, -0.2) is 4.79 Å². The van der Waals surface area contributed by atoms with Gasteiger partial charge in [0.05, 0.1) is 25.3 Å². The lowest BCUT2D eigenvalue weighted by Crippen LogP contribution is -2.52. The molecular weight excluding hydrogens is 238 g/mol. The number of phenolic OH excluding ortho intramolecular Hbond substituents is 1. The number of nitrogens with zero attached hydrogens (tertiary/aromatic N) is 1. The molecule has 0 saturated carbocycles. The molecule has 1 amide bonds. The van der Waals surface area contributed by atoms with Crippen molar-refractivity contribution in [3.05, 3.63) is 29.8 Å². The highest BCUT2D eigenvalue weighted by molar-refractivity contribution is 5.65. The Labute approximate surface area is 104 Å². The number of benzene rings is 1. The topological polar surface area (TPSA) is 101 Å². The van der Waals surface area contributed by atoms with Gasteiger partial charge in [0.2, 0.25) is 0 Å². The van der Waals surface area contributed by atoms with Crippen molar-refractivity contribution in [3.8, 4) is 5.75 Å². The number of hydrogen-bond acceptors (Lipinski definition) is 4. The van der Waals surface area contributed by atoms with Crippen molar-refractivity contribution in [2.45, 2.75) is 18.1 Å². The number of amides is 1. The van der Waals surface area contributed by atoms with Crippen LogP contribution in [0.4, 0.5) is 4.79 Å². The molecule has 6 heteroatoms. The average Bonchev–Trinajstić information content (AvgIpc) is 2.30. The number of piperidine rings is 1. The zero-order valence-corrected chi connectivity index (χ0v) is 9.60. The maximum atomic E-state index is 10.8. The van der Waals surface area contributed by atoms with Crippen LogP contribution in [0.15, 0.2) is 24.3 Å². The van der Waals surface area contributed by atoms with E-state index in [1.165, 1.54) is 12.1 Å². The summed E-state index contributed by atoms with van der Waals surface area (Å²) in [6.07, 6.45) is -3.08. The van der Waals surface area contributed by atoms with Crippen LogP contribution in [0.25, 0.3) is 0 Å². The lowest BCUT2D eigenvalue weighted by molar-refractivity contribution is -0.0229. The van der Waals surface area contributed by atoms with Gasteiger partial charge in [0.15, 0.2) is 0 Å². The number of β-amino-alcohol motifs (C(OH)–C–C–N with tert-alkyl or cyclic N) is 2. The summed E-state index contributed by atoms with van der Waals surface area (Å²) in [6.45, 7) is -0.0596. The number of aliphatic hydroxyl groups excluding tert-OH is 2. The molecule has 1 aliphatic rings. The summed E-state index contributed by atoms with van der Waals surface area (Å²) in [6, 6.07) is 6.17. The van der Waals surface area contributed by atoms with Crippen molar-refractivity contribution in [2.24, 2.45) is 0 Å². The van der Waals surface area contributed by atoms with Gasteiger partial charge in [-0.05, 0) is 17.7 Å². The fourth-order valence-electron chi connectivity index (χ4n) is 2.31. The molecule has 0 radical (unpaired) electrons. The standard InChI is InChI=1S/C12H15NO5/c14-8-3-1-7(2-4-8)11-9(15)5-13(12(17)18)6-10(11)16/h1-4,9-11,14-16H,5-6H2,(H,17,18). The van der Waals surface area contributed by atoms with E-state index in [0.29, 0.717) is 5.56 Å². The van der Waals surface area contributed by atoms with Gasteiger partial charge < -0.3 is 25.3 Å². The van der Waals surface area contributed by atoms with Crippen LogP contribution in [0.2, 0.25) is 0 Å². The molecule has 0 aliphatic carbocycles. The first-order valence-corrected chi connectivity index (χ1v) is 5.62. The van der Waals surface area contributed by atoms with E-state index in [1.807, 2.05) is 0 Å². The number of hydrogen-bond donors (Lipinski definition) is 4. The predicted octanol–water partition coefficient (Wildman–Crippen LogP) is 0.191. The zero-order chi connectivity index (χ0) is 13.3. The van der Waals surface area contributed by atoms with Gasteiger partial charge in [-0.1, -0.05) is 12.1 Å². The summed E-state index contributed by atoms with van der Waals surface area (Å²) in [5.74, 6) is -0.438. The quantitative estimate of drug-likeness (QED) is 0.572. The highest BCUT2D eigenvalue weighted by Crippen LogP contribution is 2.29. The Morgan fingerprint density at radius 1 is 1.11 bits per heavy atom. The van der Waals surface area contributed by atoms with E-state index < -0.39 is 24.2 Å². The number of carboxylic acid groups (broad SMARTS) is 1. The van der Waals surface area contributed by atoms with Crippen LogP contribution >= 0.6 is 0 Å². The van der Waals surface area contributed by atoms with Gasteiger partial charge in [-0.15, -0.1) is 0 Å². The highest BCUT2D eigenvalue weighted by Gasteiger charge is 2.37. The molecule has 1 fully saturated rings. The molecular formula is C12H15NO5. The summed E-state index contributed by atoms with van der Waals surface area (Å²) in [5, 5.41) is 37.9. The lowest BCUT2D eigenvalue weighted by atomic mass is 9.85. The van der Waals surface area contributed by atoms with Gasteiger partial charge in [-0.2, -0.15) is 0 Å². The maximum absolute atomic E-state index is 10.8. The number of carbonyl (C=O) groups is 1. The van der Waals surface area contributed by atoms with Crippen molar-refractivity contribution in [3.63, 3.8) is 0 Å². The lowest BCUT2D eigenvalue weighted by Gasteiger charge is -2.38. The number of rotatable bonds is 1. The number of aromatic hydroxyl groups is 1. The molecule has 4 N–H and O–H groups in total. The summed E-state index contributed by atoms with van der Waals surface area (Å²) in [7, 11) is 0. The first-order chi connectivity index (χ1) is 8.49. The third-order valence-electron chi connectivity index (χ3n) is 3.19. The molecule has 1 aliphatic heterocycles. The second kappa shape index (κ2) is 4.83. The van der Waals surface area contributed by atoms with Crippen LogP contribution in [-0.4, -0.2) is 56.7 Å². The number of phenols is 1. The Bertz CT molecular complexity index is 421. The van der Waals surface area contributed by atoms with E-state index in [2.05, 4.69) is 0 Å². The molecule has 1 saturated heterocycles. The van der Waals surface area contributed by atoms with E-state index in [4.69, 9.17) is 5.11 Å².